The molecule has 6 aliphatic heterocycles. The maximum Gasteiger partial charge on any atom is 0.262 e. The molecular formula is C44H45F4N7O4. The number of hydrogen-bond donors (Lipinski definition) is 2. The lowest BCUT2D eigenvalue weighted by atomic mass is 9.88. The van der Waals surface area contributed by atoms with Crippen molar-refractivity contribution in [1.82, 2.24) is 29.9 Å². The molecule has 4 amide bonds. The number of halogens is 4. The number of piperidine rings is 2. The monoisotopic (exact) mass is 811 g/mol. The second-order valence-corrected chi connectivity index (χ2v) is 17.3. The first-order valence-corrected chi connectivity index (χ1v) is 20.6. The molecule has 308 valence electrons. The number of carbonyl (C=O) groups is 4. The second kappa shape index (κ2) is 14.6. The van der Waals surface area contributed by atoms with Crippen molar-refractivity contribution in [2.75, 3.05) is 44.2 Å². The van der Waals surface area contributed by atoms with Crippen molar-refractivity contribution >= 4 is 40.2 Å². The highest BCUT2D eigenvalue weighted by molar-refractivity contribution is 6.23. The third kappa shape index (κ3) is 6.52. The minimum atomic E-state index is -2.66. The zero-order valence-corrected chi connectivity index (χ0v) is 32.7. The van der Waals surface area contributed by atoms with Crippen molar-refractivity contribution in [2.24, 2.45) is 5.92 Å². The van der Waals surface area contributed by atoms with Crippen LogP contribution in [0, 0.1) is 17.6 Å². The molecule has 0 spiro atoms. The van der Waals surface area contributed by atoms with E-state index in [1.54, 1.807) is 12.1 Å². The van der Waals surface area contributed by atoms with Crippen molar-refractivity contribution in [3.63, 3.8) is 0 Å². The van der Waals surface area contributed by atoms with Gasteiger partial charge in [-0.1, -0.05) is 18.2 Å². The molecule has 15 heteroatoms. The summed E-state index contributed by atoms with van der Waals surface area (Å²) in [5.41, 5.74) is 5.15. The molecule has 3 fully saturated rings. The van der Waals surface area contributed by atoms with Gasteiger partial charge in [0.05, 0.1) is 23.7 Å². The fraction of sp³-hybridized carbons (Fsp3) is 0.455. The molecule has 59 heavy (non-hydrogen) atoms. The van der Waals surface area contributed by atoms with Crippen LogP contribution in [0.5, 0.6) is 0 Å². The second-order valence-electron chi connectivity index (χ2n) is 17.3. The van der Waals surface area contributed by atoms with Gasteiger partial charge < -0.3 is 9.88 Å². The van der Waals surface area contributed by atoms with Gasteiger partial charge in [0.1, 0.15) is 17.7 Å². The highest BCUT2D eigenvalue weighted by Gasteiger charge is 2.46. The fourth-order valence-corrected chi connectivity index (χ4v) is 10.7. The van der Waals surface area contributed by atoms with Crippen LogP contribution in [-0.4, -0.2) is 112 Å². The van der Waals surface area contributed by atoms with Crippen LogP contribution in [0.2, 0.25) is 0 Å². The average molecular weight is 812 g/mol. The summed E-state index contributed by atoms with van der Waals surface area (Å²) in [6.07, 6.45) is -0.284. The van der Waals surface area contributed by atoms with Gasteiger partial charge in [-0.15, -0.1) is 0 Å². The lowest BCUT2D eigenvalue weighted by molar-refractivity contribution is -0.136. The fourth-order valence-electron chi connectivity index (χ4n) is 10.7. The largest absolute Gasteiger partial charge is 0.371 e. The van der Waals surface area contributed by atoms with Crippen LogP contribution in [0.1, 0.15) is 87.3 Å². The molecular weight excluding hydrogens is 767 g/mol. The molecule has 1 unspecified atom stereocenters. The van der Waals surface area contributed by atoms with Gasteiger partial charge in [-0.2, -0.15) is 0 Å². The Kier molecular flexibility index (Phi) is 9.40. The number of amides is 4. The smallest absolute Gasteiger partial charge is 0.262 e. The molecule has 3 saturated heterocycles. The van der Waals surface area contributed by atoms with Gasteiger partial charge in [0, 0.05) is 92.2 Å². The van der Waals surface area contributed by atoms with Crippen molar-refractivity contribution in [3.8, 4) is 0 Å². The summed E-state index contributed by atoms with van der Waals surface area (Å²) in [7, 11) is 0. The van der Waals surface area contributed by atoms with Gasteiger partial charge in [-0.05, 0) is 85.5 Å². The molecule has 7 heterocycles. The molecule has 0 bridgehead atoms. The first-order chi connectivity index (χ1) is 28.4. The normalized spacial score (nSPS) is 24.6. The highest BCUT2D eigenvalue weighted by Crippen LogP contribution is 2.44. The Hall–Kier alpha value is -5.12. The maximum absolute atomic E-state index is 16.2. The number of aromatic amines is 1. The summed E-state index contributed by atoms with van der Waals surface area (Å²) in [5.74, 6) is -3.03. The lowest BCUT2D eigenvalue weighted by Gasteiger charge is -2.48. The number of H-pyrrole nitrogens is 1. The van der Waals surface area contributed by atoms with E-state index in [-0.39, 0.29) is 24.4 Å². The third-order valence-electron chi connectivity index (χ3n) is 13.6. The van der Waals surface area contributed by atoms with Crippen LogP contribution < -0.4 is 10.2 Å². The topological polar surface area (TPSA) is 112 Å². The van der Waals surface area contributed by atoms with Gasteiger partial charge in [-0.25, -0.2) is 17.6 Å². The van der Waals surface area contributed by atoms with Crippen LogP contribution in [0.4, 0.5) is 23.2 Å². The molecule has 2 N–H and O–H groups in total. The summed E-state index contributed by atoms with van der Waals surface area (Å²) < 4.78 is 60.3. The summed E-state index contributed by atoms with van der Waals surface area (Å²) in [6.45, 7) is 6.59. The van der Waals surface area contributed by atoms with Gasteiger partial charge in [0.2, 0.25) is 11.8 Å². The molecule has 0 saturated carbocycles. The first kappa shape index (κ1) is 38.1. The number of alkyl halides is 2. The number of likely N-dealkylation sites (tertiary alicyclic amines) is 1. The zero-order valence-electron chi connectivity index (χ0n) is 32.7. The number of nitrogens with zero attached hydrogens (tertiary/aromatic N) is 5. The number of para-hydroxylation sites is 1. The Bertz CT molecular complexity index is 2340. The van der Waals surface area contributed by atoms with Crippen molar-refractivity contribution in [1.29, 1.82) is 0 Å². The molecule has 10 rings (SSSR count). The molecule has 11 nitrogen and oxygen atoms in total. The summed E-state index contributed by atoms with van der Waals surface area (Å²) >= 11 is 0. The molecule has 6 aliphatic rings. The third-order valence-corrected chi connectivity index (χ3v) is 13.6. The van der Waals surface area contributed by atoms with E-state index in [9.17, 15) is 28.0 Å². The number of anilines is 1. The van der Waals surface area contributed by atoms with Gasteiger partial charge in [0.15, 0.2) is 0 Å². The number of fused-ring (bicyclic) bond motifs is 5. The van der Waals surface area contributed by atoms with Crippen LogP contribution in [0.15, 0.2) is 48.5 Å². The van der Waals surface area contributed by atoms with Crippen molar-refractivity contribution < 1.29 is 36.7 Å². The van der Waals surface area contributed by atoms with E-state index in [1.165, 1.54) is 17.0 Å². The first-order valence-electron chi connectivity index (χ1n) is 20.6. The lowest BCUT2D eigenvalue weighted by Crippen LogP contribution is -2.57. The minimum absolute atomic E-state index is 0.0772. The quantitative estimate of drug-likeness (QED) is 0.181. The Balaban J connectivity index is 0.753. The van der Waals surface area contributed by atoms with E-state index < -0.39 is 60.3 Å². The Morgan fingerprint density at radius 1 is 0.864 bits per heavy atom. The Labute approximate surface area is 338 Å². The summed E-state index contributed by atoms with van der Waals surface area (Å²) in [6, 6.07) is 11.9. The molecule has 3 aromatic carbocycles. The summed E-state index contributed by atoms with van der Waals surface area (Å²) in [4.78, 5) is 63.4. The van der Waals surface area contributed by atoms with Gasteiger partial charge >= 0.3 is 0 Å². The van der Waals surface area contributed by atoms with E-state index in [1.807, 2.05) is 36.1 Å². The Morgan fingerprint density at radius 2 is 1.53 bits per heavy atom. The number of hydrogen-bond acceptors (Lipinski definition) is 8. The van der Waals surface area contributed by atoms with Crippen molar-refractivity contribution in [3.05, 3.63) is 99.2 Å². The molecule has 4 aromatic rings. The Morgan fingerprint density at radius 3 is 2.17 bits per heavy atom. The molecule has 1 aromatic heterocycles. The molecule has 3 atom stereocenters. The molecule has 0 aliphatic carbocycles. The van der Waals surface area contributed by atoms with E-state index in [2.05, 4.69) is 20.1 Å². The van der Waals surface area contributed by atoms with Crippen LogP contribution in [0.3, 0.4) is 0 Å². The SMILES string of the molecule is C[C@@H]1Cc2c([nH]c3ccccc23)[C@@H](c2c(F)cc(N3CCC(N4CC(CN5Cc6cc7c(cc6C5)C(=O)N(C5CCC(=O)NC5=O)C7=O)C4)CC3)cc2F)N1CC(F)F. The number of nitrogens with one attached hydrogen (secondary N) is 2. The van der Waals surface area contributed by atoms with E-state index >= 15 is 8.78 Å². The predicted molar refractivity (Wildman–Crippen MR) is 210 cm³/mol. The highest BCUT2D eigenvalue weighted by atomic mass is 19.3. The minimum Gasteiger partial charge on any atom is -0.371 e. The van der Waals surface area contributed by atoms with Crippen LogP contribution >= 0.6 is 0 Å². The van der Waals surface area contributed by atoms with E-state index in [0.717, 1.165) is 65.0 Å². The van der Waals surface area contributed by atoms with E-state index in [0.29, 0.717) is 67.1 Å². The number of carbonyl (C=O) groups excluding carboxylic acids is 4. The van der Waals surface area contributed by atoms with Gasteiger partial charge in [0.25, 0.3) is 18.2 Å². The van der Waals surface area contributed by atoms with Crippen molar-refractivity contribution in [2.45, 2.75) is 82.7 Å². The maximum atomic E-state index is 16.2. The standard InChI is InChI=1S/C44H45F4N7O4/c1-23-12-30-29-4-2-3-5-35(29)49-40(30)41(54(23)22-37(47)48)39-33(45)15-28(16-34(39)46)52-10-8-27(9-11-52)53-18-24(19-53)17-51-20-25-13-31-32(14-26(25)21-51)44(59)55(43(31)58)36-6-7-38(56)50-42(36)57/h2-5,13-16,23-24,27,36-37,41,49H,6-12,17-22H2,1H3,(H,50,56,57)/t23-,36?,41-/m1/s1. The number of imide groups is 2. The number of rotatable bonds is 8. The van der Waals surface area contributed by atoms with Crippen LogP contribution in [-0.2, 0) is 29.1 Å². The zero-order chi connectivity index (χ0) is 40.9. The average Bonchev–Trinajstić information content (AvgIpc) is 3.83. The van der Waals surface area contributed by atoms with Gasteiger partial charge in [-0.3, -0.25) is 44.1 Å². The molecule has 0 radical (unpaired) electrons. The van der Waals surface area contributed by atoms with E-state index in [4.69, 9.17) is 0 Å². The number of aromatic nitrogens is 1. The predicted octanol–water partition coefficient (Wildman–Crippen LogP) is 5.36. The number of benzene rings is 3. The van der Waals surface area contributed by atoms with Crippen LogP contribution in [0.25, 0.3) is 10.9 Å². The summed E-state index contributed by atoms with van der Waals surface area (Å²) in [5, 5.41) is 3.17.